The molecule has 0 saturated heterocycles. The normalized spacial score (nSPS) is 29.4. The Kier molecular flexibility index (Phi) is 6.79. The van der Waals surface area contributed by atoms with Crippen LogP contribution in [0.2, 0.25) is 0 Å². The molecule has 25 heavy (non-hydrogen) atoms. The van der Waals surface area contributed by atoms with E-state index in [9.17, 15) is 0 Å². The maximum absolute atomic E-state index is 2.63. The molecule has 1 aromatic rings. The second kappa shape index (κ2) is 9.06. The highest BCUT2D eigenvalue weighted by molar-refractivity contribution is 5.28. The summed E-state index contributed by atoms with van der Waals surface area (Å²) in [4.78, 5) is 0. The summed E-state index contributed by atoms with van der Waals surface area (Å²) in [6.45, 7) is 7.07. The average molecular weight is 339 g/mol. The second-order valence-corrected chi connectivity index (χ2v) is 8.88. The summed E-state index contributed by atoms with van der Waals surface area (Å²) < 4.78 is 0. The quantitative estimate of drug-likeness (QED) is 0.385. The first-order valence-corrected chi connectivity index (χ1v) is 11.0. The topological polar surface area (TPSA) is 0 Å². The van der Waals surface area contributed by atoms with Crippen LogP contribution in [0.15, 0.2) is 35.9 Å². The van der Waals surface area contributed by atoms with E-state index in [1.807, 2.05) is 5.57 Å². The molecule has 0 spiro atoms. The van der Waals surface area contributed by atoms with Crippen LogP contribution < -0.4 is 0 Å². The van der Waals surface area contributed by atoms with E-state index in [-0.39, 0.29) is 0 Å². The smallest absolute Gasteiger partial charge is 0.0156 e. The van der Waals surface area contributed by atoms with Gasteiger partial charge in [-0.25, -0.2) is 0 Å². The first kappa shape index (κ1) is 18.7. The van der Waals surface area contributed by atoms with Crippen LogP contribution in [0.4, 0.5) is 0 Å². The van der Waals surface area contributed by atoms with Crippen molar-refractivity contribution in [3.63, 3.8) is 0 Å². The molecule has 1 aromatic carbocycles. The number of hydrogen-bond acceptors (Lipinski definition) is 0. The highest BCUT2D eigenvalue weighted by atomic mass is 14.3. The molecule has 0 N–H and O–H groups in total. The monoisotopic (exact) mass is 338 g/mol. The maximum Gasteiger partial charge on any atom is -0.0156 e. The van der Waals surface area contributed by atoms with Crippen molar-refractivity contribution in [2.75, 3.05) is 0 Å². The molecule has 4 unspecified atom stereocenters. The van der Waals surface area contributed by atoms with Crippen LogP contribution >= 0.6 is 0 Å². The minimum atomic E-state index is 0.689. The Morgan fingerprint density at radius 3 is 2.48 bits per heavy atom. The summed E-state index contributed by atoms with van der Waals surface area (Å²) in [5, 5.41) is 0. The van der Waals surface area contributed by atoms with Gasteiger partial charge in [0.15, 0.2) is 0 Å². The molecule has 0 amide bonds. The predicted molar refractivity (Wildman–Crippen MR) is 110 cm³/mol. The molecule has 1 saturated carbocycles. The largest absolute Gasteiger partial charge is 0.0850 e. The zero-order valence-electron chi connectivity index (χ0n) is 16.8. The first-order valence-electron chi connectivity index (χ1n) is 11.0. The third-order valence-corrected chi connectivity index (χ3v) is 7.07. The summed E-state index contributed by atoms with van der Waals surface area (Å²) in [6, 6.07) is 9.61. The third-order valence-electron chi connectivity index (χ3n) is 7.07. The fraction of sp³-hybridized carbons (Fsp3) is 0.680. The number of allylic oxidation sites excluding steroid dienone is 2. The summed E-state index contributed by atoms with van der Waals surface area (Å²) in [6.07, 6.45) is 16.4. The highest BCUT2D eigenvalue weighted by Crippen LogP contribution is 2.38. The molecule has 1 fully saturated rings. The SMILES string of the molecule is CCC(C)c1ccc(C2CCC=C(C3CCCC(C)CC3)CC2)cc1. The molecular weight excluding hydrogens is 300 g/mol. The van der Waals surface area contributed by atoms with Crippen LogP contribution in [0, 0.1) is 11.8 Å². The minimum absolute atomic E-state index is 0.689. The van der Waals surface area contributed by atoms with Crippen molar-refractivity contribution >= 4 is 0 Å². The summed E-state index contributed by atoms with van der Waals surface area (Å²) in [5.74, 6) is 3.31. The molecule has 0 radical (unpaired) electrons. The second-order valence-electron chi connectivity index (χ2n) is 8.88. The van der Waals surface area contributed by atoms with Crippen molar-refractivity contribution < 1.29 is 0 Å². The Bertz CT molecular complexity index is 550. The number of benzene rings is 1. The van der Waals surface area contributed by atoms with Crippen molar-refractivity contribution in [2.45, 2.75) is 96.8 Å². The van der Waals surface area contributed by atoms with Crippen LogP contribution in [-0.4, -0.2) is 0 Å². The van der Waals surface area contributed by atoms with Crippen molar-refractivity contribution in [1.29, 1.82) is 0 Å². The van der Waals surface area contributed by atoms with Gasteiger partial charge in [-0.2, -0.15) is 0 Å². The lowest BCUT2D eigenvalue weighted by atomic mass is 9.86. The van der Waals surface area contributed by atoms with E-state index < -0.39 is 0 Å². The fourth-order valence-electron chi connectivity index (χ4n) is 4.95. The standard InChI is InChI=1S/C25H38/c1-4-20(3)21-13-15-25(16-14-21)24-10-6-9-23(17-18-24)22-8-5-7-19(2)11-12-22/h9,13-16,19-20,22,24H,4-8,10-12,17-18H2,1-3H3. The molecule has 4 atom stereocenters. The van der Waals surface area contributed by atoms with Crippen LogP contribution in [0.25, 0.3) is 0 Å². The number of rotatable bonds is 4. The van der Waals surface area contributed by atoms with Gasteiger partial charge >= 0.3 is 0 Å². The van der Waals surface area contributed by atoms with Gasteiger partial charge in [-0.05, 0) is 79.7 Å². The molecule has 0 heterocycles. The number of hydrogen-bond donors (Lipinski definition) is 0. The van der Waals surface area contributed by atoms with E-state index in [1.54, 1.807) is 5.56 Å². The average Bonchev–Trinajstić information content (AvgIpc) is 3.01. The lowest BCUT2D eigenvalue weighted by molar-refractivity contribution is 0.476. The van der Waals surface area contributed by atoms with E-state index in [4.69, 9.17) is 0 Å². The summed E-state index contributed by atoms with van der Waals surface area (Å²) in [7, 11) is 0. The van der Waals surface area contributed by atoms with Crippen molar-refractivity contribution in [3.05, 3.63) is 47.0 Å². The summed E-state index contributed by atoms with van der Waals surface area (Å²) in [5.41, 5.74) is 4.90. The van der Waals surface area contributed by atoms with E-state index in [1.165, 1.54) is 69.8 Å². The Morgan fingerprint density at radius 1 is 0.920 bits per heavy atom. The van der Waals surface area contributed by atoms with Gasteiger partial charge in [-0.1, -0.05) is 75.9 Å². The van der Waals surface area contributed by atoms with Gasteiger partial charge in [0.2, 0.25) is 0 Å². The molecule has 0 aromatic heterocycles. The lowest BCUT2D eigenvalue weighted by Gasteiger charge is -2.20. The Hall–Kier alpha value is -1.04. The Balaban J connectivity index is 1.59. The zero-order valence-corrected chi connectivity index (χ0v) is 16.8. The molecule has 138 valence electrons. The van der Waals surface area contributed by atoms with Gasteiger partial charge in [0.1, 0.15) is 0 Å². The van der Waals surface area contributed by atoms with Crippen LogP contribution in [-0.2, 0) is 0 Å². The van der Waals surface area contributed by atoms with Crippen LogP contribution in [0.3, 0.4) is 0 Å². The van der Waals surface area contributed by atoms with E-state index in [0.717, 1.165) is 17.8 Å². The Labute approximate surface area is 156 Å². The Morgan fingerprint density at radius 2 is 1.72 bits per heavy atom. The van der Waals surface area contributed by atoms with Crippen LogP contribution in [0.5, 0.6) is 0 Å². The van der Waals surface area contributed by atoms with Crippen molar-refractivity contribution in [3.8, 4) is 0 Å². The van der Waals surface area contributed by atoms with E-state index in [2.05, 4.69) is 51.1 Å². The molecule has 2 aliphatic carbocycles. The van der Waals surface area contributed by atoms with Crippen molar-refractivity contribution in [2.24, 2.45) is 11.8 Å². The molecule has 0 aliphatic heterocycles. The third kappa shape index (κ3) is 4.99. The van der Waals surface area contributed by atoms with Gasteiger partial charge in [0.05, 0.1) is 0 Å². The molecule has 2 aliphatic rings. The van der Waals surface area contributed by atoms with Gasteiger partial charge in [0, 0.05) is 0 Å². The van der Waals surface area contributed by atoms with Gasteiger partial charge in [-0.15, -0.1) is 0 Å². The lowest BCUT2D eigenvalue weighted by Crippen LogP contribution is -2.04. The van der Waals surface area contributed by atoms with Gasteiger partial charge < -0.3 is 0 Å². The fourth-order valence-corrected chi connectivity index (χ4v) is 4.95. The van der Waals surface area contributed by atoms with E-state index in [0.29, 0.717) is 5.92 Å². The maximum atomic E-state index is 2.63. The molecule has 0 bridgehead atoms. The predicted octanol–water partition coefficient (Wildman–Crippen LogP) is 8.00. The van der Waals surface area contributed by atoms with Crippen LogP contribution in [0.1, 0.15) is 108 Å². The zero-order chi connectivity index (χ0) is 17.6. The molecule has 0 nitrogen and oxygen atoms in total. The summed E-state index contributed by atoms with van der Waals surface area (Å²) >= 11 is 0. The van der Waals surface area contributed by atoms with E-state index >= 15 is 0 Å². The van der Waals surface area contributed by atoms with Crippen molar-refractivity contribution in [1.82, 2.24) is 0 Å². The van der Waals surface area contributed by atoms with Gasteiger partial charge in [-0.3, -0.25) is 0 Å². The first-order chi connectivity index (χ1) is 12.2. The minimum Gasteiger partial charge on any atom is -0.0850 e. The molecule has 0 heteroatoms. The molecule has 3 rings (SSSR count). The highest BCUT2D eigenvalue weighted by Gasteiger charge is 2.22. The van der Waals surface area contributed by atoms with Gasteiger partial charge in [0.25, 0.3) is 0 Å². The molecular formula is C25H38.